The van der Waals surface area contributed by atoms with Crippen molar-refractivity contribution in [3.63, 3.8) is 0 Å². The van der Waals surface area contributed by atoms with E-state index in [2.05, 4.69) is 34.6 Å². The van der Waals surface area contributed by atoms with E-state index in [1.54, 1.807) is 25.1 Å². The fourth-order valence-corrected chi connectivity index (χ4v) is 3.66. The van der Waals surface area contributed by atoms with Gasteiger partial charge in [-0.25, -0.2) is 0 Å². The van der Waals surface area contributed by atoms with Gasteiger partial charge < -0.3 is 14.9 Å². The van der Waals surface area contributed by atoms with Crippen LogP contribution in [0.3, 0.4) is 0 Å². The molecule has 0 aliphatic carbocycles. The Balaban J connectivity index is 1.53. The fourth-order valence-electron chi connectivity index (χ4n) is 3.66. The number of H-pyrrole nitrogens is 1. The Labute approximate surface area is 166 Å². The Bertz CT molecular complexity index is 1330. The molecule has 0 saturated heterocycles. The molecular formula is C23H21N3O3. The van der Waals surface area contributed by atoms with Gasteiger partial charge >= 0.3 is 11.1 Å². The first-order valence-corrected chi connectivity index (χ1v) is 9.60. The van der Waals surface area contributed by atoms with Crippen LogP contribution in [0, 0.1) is 0 Å². The second kappa shape index (κ2) is 7.75. The lowest BCUT2D eigenvalue weighted by atomic mass is 10.0. The van der Waals surface area contributed by atoms with Gasteiger partial charge in [-0.2, -0.15) is 0 Å². The Hall–Kier alpha value is -3.67. The number of aromatic amines is 1. The van der Waals surface area contributed by atoms with Crippen LogP contribution < -0.4 is 16.4 Å². The SMILES string of the molecule is CCn1c(=O)c(=O)[nH]c2cc(C(=O)NCCc3cccc4ccccc34)ccc21. The number of fused-ring (bicyclic) bond motifs is 2. The summed E-state index contributed by atoms with van der Waals surface area (Å²) in [6, 6.07) is 19.3. The third-order valence-electron chi connectivity index (χ3n) is 5.11. The van der Waals surface area contributed by atoms with Crippen molar-refractivity contribution in [3.8, 4) is 0 Å². The van der Waals surface area contributed by atoms with Crippen LogP contribution in [0.25, 0.3) is 21.8 Å². The first-order valence-electron chi connectivity index (χ1n) is 9.60. The number of aromatic nitrogens is 2. The standard InChI is InChI=1S/C23H21N3O3/c1-2-26-20-11-10-17(14-19(20)25-22(28)23(26)29)21(27)24-13-12-16-8-5-7-15-6-3-4-9-18(15)16/h3-11,14H,2,12-13H2,1H3,(H,24,27)(H,25,28). The lowest BCUT2D eigenvalue weighted by Gasteiger charge is -2.10. The smallest absolute Gasteiger partial charge is 0.316 e. The van der Waals surface area contributed by atoms with Gasteiger partial charge in [0, 0.05) is 18.7 Å². The molecule has 0 aliphatic heterocycles. The van der Waals surface area contributed by atoms with Crippen molar-refractivity contribution in [1.82, 2.24) is 14.9 Å². The predicted molar refractivity (Wildman–Crippen MR) is 114 cm³/mol. The minimum Gasteiger partial charge on any atom is -0.352 e. The van der Waals surface area contributed by atoms with Gasteiger partial charge in [0.15, 0.2) is 0 Å². The molecule has 1 aromatic heterocycles. The summed E-state index contributed by atoms with van der Waals surface area (Å²) < 4.78 is 1.40. The highest BCUT2D eigenvalue weighted by Crippen LogP contribution is 2.18. The molecule has 0 radical (unpaired) electrons. The van der Waals surface area contributed by atoms with Crippen LogP contribution in [0.1, 0.15) is 22.8 Å². The summed E-state index contributed by atoms with van der Waals surface area (Å²) >= 11 is 0. The Morgan fingerprint density at radius 3 is 2.66 bits per heavy atom. The molecule has 0 aliphatic rings. The Morgan fingerprint density at radius 2 is 1.83 bits per heavy atom. The summed E-state index contributed by atoms with van der Waals surface area (Å²) in [5, 5.41) is 5.29. The molecule has 0 saturated carbocycles. The number of amides is 1. The average Bonchev–Trinajstić information content (AvgIpc) is 2.74. The zero-order valence-electron chi connectivity index (χ0n) is 16.1. The number of nitrogens with zero attached hydrogens (tertiary/aromatic N) is 1. The molecule has 1 heterocycles. The minimum absolute atomic E-state index is 0.220. The van der Waals surface area contributed by atoms with Crippen molar-refractivity contribution < 1.29 is 4.79 Å². The first kappa shape index (κ1) is 18.7. The van der Waals surface area contributed by atoms with E-state index in [9.17, 15) is 14.4 Å². The molecule has 4 rings (SSSR count). The van der Waals surface area contributed by atoms with Gasteiger partial charge in [0.2, 0.25) is 0 Å². The summed E-state index contributed by atoms with van der Waals surface area (Å²) in [5.41, 5.74) is 1.41. The van der Waals surface area contributed by atoms with Crippen LogP contribution in [0.2, 0.25) is 0 Å². The second-order valence-electron chi connectivity index (χ2n) is 6.88. The molecule has 6 heteroatoms. The van der Waals surface area contributed by atoms with Crippen LogP contribution in [-0.4, -0.2) is 22.0 Å². The molecule has 0 atom stereocenters. The largest absolute Gasteiger partial charge is 0.352 e. The lowest BCUT2D eigenvalue weighted by molar-refractivity contribution is 0.0954. The molecule has 0 fully saturated rings. The first-order chi connectivity index (χ1) is 14.1. The highest BCUT2D eigenvalue weighted by Gasteiger charge is 2.11. The third-order valence-corrected chi connectivity index (χ3v) is 5.11. The topological polar surface area (TPSA) is 84.0 Å². The molecular weight excluding hydrogens is 366 g/mol. The van der Waals surface area contributed by atoms with Gasteiger partial charge in [-0.1, -0.05) is 42.5 Å². The molecule has 3 aromatic carbocycles. The lowest BCUT2D eigenvalue weighted by Crippen LogP contribution is -2.36. The van der Waals surface area contributed by atoms with Gasteiger partial charge in [0.25, 0.3) is 5.91 Å². The van der Waals surface area contributed by atoms with Gasteiger partial charge in [0.05, 0.1) is 11.0 Å². The second-order valence-corrected chi connectivity index (χ2v) is 6.88. The van der Waals surface area contributed by atoms with E-state index >= 15 is 0 Å². The van der Waals surface area contributed by atoms with Crippen LogP contribution in [-0.2, 0) is 13.0 Å². The van der Waals surface area contributed by atoms with E-state index in [0.717, 1.165) is 0 Å². The highest BCUT2D eigenvalue weighted by molar-refractivity contribution is 5.97. The maximum absolute atomic E-state index is 12.6. The Morgan fingerprint density at radius 1 is 1.03 bits per heavy atom. The number of hydrogen-bond donors (Lipinski definition) is 2. The molecule has 29 heavy (non-hydrogen) atoms. The van der Waals surface area contributed by atoms with Crippen molar-refractivity contribution in [2.24, 2.45) is 0 Å². The summed E-state index contributed by atoms with van der Waals surface area (Å²) in [6.45, 7) is 2.68. The molecule has 146 valence electrons. The number of benzene rings is 3. The van der Waals surface area contributed by atoms with E-state index in [0.29, 0.717) is 36.1 Å². The fraction of sp³-hybridized carbons (Fsp3) is 0.174. The van der Waals surface area contributed by atoms with E-state index in [1.165, 1.54) is 20.9 Å². The molecule has 0 unspecified atom stereocenters. The zero-order valence-corrected chi connectivity index (χ0v) is 16.1. The number of carbonyl (C=O) groups is 1. The summed E-state index contributed by atoms with van der Waals surface area (Å²) in [4.78, 5) is 38.9. The average molecular weight is 387 g/mol. The molecule has 6 nitrogen and oxygen atoms in total. The third kappa shape index (κ3) is 3.57. The van der Waals surface area contributed by atoms with E-state index in [-0.39, 0.29) is 5.91 Å². The van der Waals surface area contributed by atoms with Gasteiger partial charge in [-0.3, -0.25) is 14.4 Å². The van der Waals surface area contributed by atoms with Crippen LogP contribution in [0.15, 0.2) is 70.3 Å². The predicted octanol–water partition coefficient (Wildman–Crippen LogP) is 2.84. The van der Waals surface area contributed by atoms with E-state index < -0.39 is 11.1 Å². The van der Waals surface area contributed by atoms with Crippen molar-refractivity contribution in [1.29, 1.82) is 0 Å². The maximum Gasteiger partial charge on any atom is 0.316 e. The van der Waals surface area contributed by atoms with E-state index in [4.69, 9.17) is 0 Å². The maximum atomic E-state index is 12.6. The normalized spacial score (nSPS) is 11.1. The van der Waals surface area contributed by atoms with Crippen molar-refractivity contribution >= 4 is 27.7 Å². The summed E-state index contributed by atoms with van der Waals surface area (Å²) in [6.07, 6.45) is 0.715. The molecule has 4 aromatic rings. The van der Waals surface area contributed by atoms with Gasteiger partial charge in [-0.15, -0.1) is 0 Å². The highest BCUT2D eigenvalue weighted by atomic mass is 16.2. The number of nitrogens with one attached hydrogen (secondary N) is 2. The minimum atomic E-state index is -0.687. The number of rotatable bonds is 5. The Kier molecular flexibility index (Phi) is 4.99. The monoisotopic (exact) mass is 387 g/mol. The van der Waals surface area contributed by atoms with Crippen molar-refractivity contribution in [2.75, 3.05) is 6.54 Å². The van der Waals surface area contributed by atoms with Gasteiger partial charge in [0.1, 0.15) is 0 Å². The van der Waals surface area contributed by atoms with Crippen molar-refractivity contribution in [2.45, 2.75) is 19.9 Å². The van der Waals surface area contributed by atoms with Crippen LogP contribution >= 0.6 is 0 Å². The molecule has 0 spiro atoms. The quantitative estimate of drug-likeness (QED) is 0.517. The molecule has 0 bridgehead atoms. The number of hydrogen-bond acceptors (Lipinski definition) is 3. The number of aryl methyl sites for hydroxylation is 1. The zero-order chi connectivity index (χ0) is 20.4. The molecule has 1 amide bonds. The van der Waals surface area contributed by atoms with E-state index in [1.807, 2.05) is 18.2 Å². The van der Waals surface area contributed by atoms with Gasteiger partial charge in [-0.05, 0) is 47.9 Å². The van der Waals surface area contributed by atoms with Crippen LogP contribution in [0.5, 0.6) is 0 Å². The van der Waals surface area contributed by atoms with Crippen LogP contribution in [0.4, 0.5) is 0 Å². The van der Waals surface area contributed by atoms with Crippen molar-refractivity contribution in [3.05, 3.63) is 92.5 Å². The summed E-state index contributed by atoms with van der Waals surface area (Å²) in [7, 11) is 0. The summed E-state index contributed by atoms with van der Waals surface area (Å²) in [5.74, 6) is -0.220. The number of carbonyl (C=O) groups excluding carboxylic acids is 1. The molecule has 2 N–H and O–H groups in total.